The van der Waals surface area contributed by atoms with Gasteiger partial charge < -0.3 is 10.8 Å². The number of pyridine rings is 1. The quantitative estimate of drug-likeness (QED) is 0.487. The van der Waals surface area contributed by atoms with E-state index in [2.05, 4.69) is 25.5 Å². The second kappa shape index (κ2) is 6.93. The maximum absolute atomic E-state index is 9.45. The highest BCUT2D eigenvalue weighted by atomic mass is 16.3. The molecule has 0 spiro atoms. The molecule has 8 heteroatoms. The molecule has 0 radical (unpaired) electrons. The van der Waals surface area contributed by atoms with Crippen LogP contribution in [0.3, 0.4) is 0 Å². The van der Waals surface area contributed by atoms with Crippen LogP contribution in [0.25, 0.3) is 11.2 Å². The number of hydrogen-bond donors (Lipinski definition) is 3. The predicted molar refractivity (Wildman–Crippen MR) is 97.4 cm³/mol. The monoisotopic (exact) mass is 349 g/mol. The molecule has 4 N–H and O–H groups in total. The fourth-order valence-electron chi connectivity index (χ4n) is 3.17. The third-order valence-corrected chi connectivity index (χ3v) is 4.35. The molecule has 1 unspecified atom stereocenters. The number of nitrogen functional groups attached to an aromatic ring is 1. The Balaban J connectivity index is 1.63. The van der Waals surface area contributed by atoms with E-state index in [1.807, 2.05) is 53.5 Å². The summed E-state index contributed by atoms with van der Waals surface area (Å²) in [5, 5.41) is 24.6. The van der Waals surface area contributed by atoms with Gasteiger partial charge in [0, 0.05) is 19.2 Å². The number of rotatable bonds is 6. The van der Waals surface area contributed by atoms with Crippen molar-refractivity contribution in [2.45, 2.75) is 18.9 Å². The van der Waals surface area contributed by atoms with Crippen LogP contribution in [0.5, 0.6) is 0 Å². The second-order valence-electron chi connectivity index (χ2n) is 6.16. The molecule has 0 fully saturated rings. The summed E-state index contributed by atoms with van der Waals surface area (Å²) >= 11 is 0. The van der Waals surface area contributed by atoms with Crippen LogP contribution >= 0.6 is 0 Å². The Hall–Kier alpha value is -3.26. The Kier molecular flexibility index (Phi) is 4.32. The van der Waals surface area contributed by atoms with Crippen molar-refractivity contribution >= 4 is 17.0 Å². The van der Waals surface area contributed by atoms with Crippen LogP contribution in [0.4, 0.5) is 5.82 Å². The minimum atomic E-state index is -0.00970. The van der Waals surface area contributed by atoms with Gasteiger partial charge in [0.25, 0.3) is 0 Å². The molecule has 4 aromatic rings. The highest BCUT2D eigenvalue weighted by Gasteiger charge is 2.15. The lowest BCUT2D eigenvalue weighted by Crippen LogP contribution is -2.12. The fourth-order valence-corrected chi connectivity index (χ4v) is 3.17. The third kappa shape index (κ3) is 3.14. The molecular formula is C18H19N7O. The zero-order valence-corrected chi connectivity index (χ0v) is 14.1. The first-order chi connectivity index (χ1) is 12.7. The Morgan fingerprint density at radius 1 is 1.23 bits per heavy atom. The maximum atomic E-state index is 9.45. The average molecular weight is 349 g/mol. The van der Waals surface area contributed by atoms with Crippen LogP contribution in [-0.2, 0) is 6.42 Å². The van der Waals surface area contributed by atoms with Crippen molar-refractivity contribution in [3.05, 3.63) is 65.5 Å². The second-order valence-corrected chi connectivity index (χ2v) is 6.16. The highest BCUT2D eigenvalue weighted by Crippen LogP contribution is 2.23. The Bertz CT molecular complexity index is 1010. The molecule has 3 aromatic heterocycles. The van der Waals surface area contributed by atoms with E-state index in [1.54, 1.807) is 0 Å². The number of H-pyrrole nitrogens is 1. The van der Waals surface area contributed by atoms with E-state index >= 15 is 0 Å². The molecule has 0 aliphatic heterocycles. The van der Waals surface area contributed by atoms with Crippen molar-refractivity contribution in [1.82, 2.24) is 30.2 Å². The van der Waals surface area contributed by atoms with Gasteiger partial charge in [-0.05, 0) is 29.2 Å². The summed E-state index contributed by atoms with van der Waals surface area (Å²) in [7, 11) is 0. The van der Waals surface area contributed by atoms with E-state index in [0.717, 1.165) is 16.7 Å². The first kappa shape index (κ1) is 16.2. The molecule has 8 nitrogen and oxygen atoms in total. The smallest absolute Gasteiger partial charge is 0.178 e. The van der Waals surface area contributed by atoms with E-state index in [9.17, 15) is 5.11 Å². The van der Waals surface area contributed by atoms with Gasteiger partial charge in [-0.15, -0.1) is 5.10 Å². The molecule has 0 amide bonds. The lowest BCUT2D eigenvalue weighted by atomic mass is 10.0. The summed E-state index contributed by atoms with van der Waals surface area (Å²) in [5.41, 5.74) is 10.2. The highest BCUT2D eigenvalue weighted by molar-refractivity contribution is 5.76. The van der Waals surface area contributed by atoms with Crippen molar-refractivity contribution in [2.75, 3.05) is 12.3 Å². The molecule has 132 valence electrons. The van der Waals surface area contributed by atoms with E-state index in [1.165, 1.54) is 0 Å². The number of anilines is 1. The fraction of sp³-hybridized carbons (Fsp3) is 0.222. The van der Waals surface area contributed by atoms with Crippen molar-refractivity contribution in [3.8, 4) is 0 Å². The molecule has 3 heterocycles. The summed E-state index contributed by atoms with van der Waals surface area (Å²) in [6, 6.07) is 11.9. The molecule has 0 saturated heterocycles. The number of aromatic amines is 1. The minimum Gasteiger partial charge on any atom is -0.396 e. The number of fused-ring (bicyclic) bond motifs is 1. The topological polar surface area (TPSA) is 119 Å². The number of aliphatic hydroxyl groups is 1. The summed E-state index contributed by atoms with van der Waals surface area (Å²) in [5.74, 6) is 0.424. The summed E-state index contributed by atoms with van der Waals surface area (Å²) in [6.07, 6.45) is 5.04. The largest absolute Gasteiger partial charge is 0.396 e. The summed E-state index contributed by atoms with van der Waals surface area (Å²) in [6.45, 7) is 0.0925. The van der Waals surface area contributed by atoms with E-state index < -0.39 is 0 Å². The van der Waals surface area contributed by atoms with Crippen molar-refractivity contribution in [2.24, 2.45) is 0 Å². The first-order valence-electron chi connectivity index (χ1n) is 8.39. The molecular weight excluding hydrogens is 330 g/mol. The number of nitrogens with zero attached hydrogens (tertiary/aromatic N) is 5. The number of aliphatic hydroxyl groups excluding tert-OH is 1. The van der Waals surface area contributed by atoms with Crippen LogP contribution in [0.1, 0.15) is 29.2 Å². The molecule has 1 aromatic carbocycles. The zero-order chi connectivity index (χ0) is 17.9. The van der Waals surface area contributed by atoms with Gasteiger partial charge in [0.2, 0.25) is 0 Å². The average Bonchev–Trinajstić information content (AvgIpc) is 3.30. The summed E-state index contributed by atoms with van der Waals surface area (Å²) < 4.78 is 1.89. The van der Waals surface area contributed by atoms with Gasteiger partial charge in [0.15, 0.2) is 5.65 Å². The van der Waals surface area contributed by atoms with Crippen molar-refractivity contribution < 1.29 is 5.11 Å². The van der Waals surface area contributed by atoms with Crippen LogP contribution in [-0.4, -0.2) is 41.9 Å². The molecule has 1 atom stereocenters. The van der Waals surface area contributed by atoms with Gasteiger partial charge in [-0.1, -0.05) is 35.5 Å². The van der Waals surface area contributed by atoms with Crippen LogP contribution in [0.2, 0.25) is 0 Å². The Morgan fingerprint density at radius 2 is 2.08 bits per heavy atom. The van der Waals surface area contributed by atoms with Crippen LogP contribution < -0.4 is 5.73 Å². The minimum absolute atomic E-state index is 0.00970. The Morgan fingerprint density at radius 3 is 2.88 bits per heavy atom. The molecule has 4 rings (SSSR count). The van der Waals surface area contributed by atoms with Gasteiger partial charge in [-0.3, -0.25) is 4.68 Å². The number of nitrogens with two attached hydrogens (primary N) is 1. The molecule has 26 heavy (non-hydrogen) atoms. The number of benzene rings is 1. The standard InChI is InChI=1S/C18H19N7O/c19-16-9-14(17-18(21-16)23-24-22-17)8-12-10-20-25(11-12)15(6-7-26)13-4-2-1-3-5-13/h1-5,9-11,15,26H,6-8H2,(H3,19,21,22,23,24). The maximum Gasteiger partial charge on any atom is 0.178 e. The van der Waals surface area contributed by atoms with Gasteiger partial charge in [0.05, 0.1) is 12.2 Å². The van der Waals surface area contributed by atoms with Gasteiger partial charge in [0.1, 0.15) is 11.3 Å². The number of aromatic nitrogens is 6. The molecule has 0 aliphatic carbocycles. The van der Waals surface area contributed by atoms with Crippen molar-refractivity contribution in [3.63, 3.8) is 0 Å². The van der Waals surface area contributed by atoms with E-state index in [0.29, 0.717) is 29.8 Å². The van der Waals surface area contributed by atoms with Gasteiger partial charge in [-0.2, -0.15) is 5.10 Å². The summed E-state index contributed by atoms with van der Waals surface area (Å²) in [4.78, 5) is 4.18. The SMILES string of the molecule is Nc1cc(Cc2cnn(C(CCO)c3ccccc3)c2)c2nn[nH]c2n1. The van der Waals surface area contributed by atoms with Crippen LogP contribution in [0.15, 0.2) is 48.8 Å². The third-order valence-electron chi connectivity index (χ3n) is 4.35. The lowest BCUT2D eigenvalue weighted by Gasteiger charge is -2.16. The number of nitrogens with one attached hydrogen (secondary N) is 1. The lowest BCUT2D eigenvalue weighted by molar-refractivity contribution is 0.263. The van der Waals surface area contributed by atoms with Gasteiger partial charge in [-0.25, -0.2) is 10.1 Å². The van der Waals surface area contributed by atoms with E-state index in [4.69, 9.17) is 5.73 Å². The predicted octanol–water partition coefficient (Wildman–Crippen LogP) is 1.69. The van der Waals surface area contributed by atoms with E-state index in [-0.39, 0.29) is 12.6 Å². The Labute approximate surface area is 149 Å². The zero-order valence-electron chi connectivity index (χ0n) is 14.1. The molecule has 0 saturated carbocycles. The molecule has 0 bridgehead atoms. The van der Waals surface area contributed by atoms with Crippen molar-refractivity contribution in [1.29, 1.82) is 0 Å². The normalized spacial score (nSPS) is 12.5. The van der Waals surface area contributed by atoms with Crippen LogP contribution in [0, 0.1) is 0 Å². The molecule has 0 aliphatic rings. The number of hydrogen-bond acceptors (Lipinski definition) is 6. The first-order valence-corrected chi connectivity index (χ1v) is 8.39. The van der Waals surface area contributed by atoms with Gasteiger partial charge >= 0.3 is 0 Å².